The summed E-state index contributed by atoms with van der Waals surface area (Å²) in [5.41, 5.74) is 1.50. The molecule has 28 heavy (non-hydrogen) atoms. The van der Waals surface area contributed by atoms with E-state index in [0.717, 1.165) is 31.1 Å². The maximum atomic E-state index is 14.3. The molecule has 1 saturated heterocycles. The Morgan fingerprint density at radius 1 is 1.04 bits per heavy atom. The van der Waals surface area contributed by atoms with Crippen LogP contribution in [-0.2, 0) is 0 Å². The second-order valence-corrected chi connectivity index (χ2v) is 7.39. The molecule has 1 aliphatic carbocycles. The van der Waals surface area contributed by atoms with Gasteiger partial charge in [0.1, 0.15) is 29.6 Å². The highest BCUT2D eigenvalue weighted by molar-refractivity contribution is 5.57. The SMILES string of the molecule is Fc1ccc(F)c(C2CCCN2c2cc(Nc3cc(C4CC4)[nH]n3)ncn2)c1. The van der Waals surface area contributed by atoms with Gasteiger partial charge < -0.3 is 10.2 Å². The number of halogens is 2. The highest BCUT2D eigenvalue weighted by Gasteiger charge is 2.30. The predicted octanol–water partition coefficient (Wildman–Crippen LogP) is 4.44. The molecule has 1 atom stereocenters. The van der Waals surface area contributed by atoms with Gasteiger partial charge in [-0.1, -0.05) is 0 Å². The maximum absolute atomic E-state index is 14.3. The van der Waals surface area contributed by atoms with Gasteiger partial charge in [0.05, 0.1) is 6.04 Å². The summed E-state index contributed by atoms with van der Waals surface area (Å²) in [6, 6.07) is 7.18. The molecule has 0 amide bonds. The van der Waals surface area contributed by atoms with Crippen molar-refractivity contribution in [3.8, 4) is 0 Å². The second kappa shape index (κ2) is 6.85. The standard InChI is InChI=1S/C20H20F2N6/c21-13-5-6-15(22)14(8-13)17-2-1-7-28(17)20-10-18(23-11-24-20)25-19-9-16(26-27-19)12-3-4-12/h5-6,8-12,17H,1-4,7H2,(H2,23,24,25,26,27). The van der Waals surface area contributed by atoms with Crippen LogP contribution in [0.25, 0.3) is 0 Å². The first-order chi connectivity index (χ1) is 13.7. The molecule has 5 rings (SSSR count). The van der Waals surface area contributed by atoms with Crippen LogP contribution in [0.3, 0.4) is 0 Å². The van der Waals surface area contributed by atoms with Crippen molar-refractivity contribution in [1.82, 2.24) is 20.2 Å². The van der Waals surface area contributed by atoms with E-state index < -0.39 is 11.6 Å². The van der Waals surface area contributed by atoms with E-state index in [2.05, 4.69) is 25.5 Å². The van der Waals surface area contributed by atoms with Crippen molar-refractivity contribution in [3.05, 3.63) is 59.6 Å². The number of aromatic nitrogens is 4. The summed E-state index contributed by atoms with van der Waals surface area (Å²) in [4.78, 5) is 10.6. The van der Waals surface area contributed by atoms with E-state index >= 15 is 0 Å². The van der Waals surface area contributed by atoms with Gasteiger partial charge >= 0.3 is 0 Å². The van der Waals surface area contributed by atoms with E-state index in [1.54, 1.807) is 0 Å². The summed E-state index contributed by atoms with van der Waals surface area (Å²) >= 11 is 0. The largest absolute Gasteiger partial charge is 0.349 e. The van der Waals surface area contributed by atoms with Crippen LogP contribution in [0.15, 0.2) is 36.7 Å². The fourth-order valence-electron chi connectivity index (χ4n) is 3.84. The number of rotatable bonds is 5. The predicted molar refractivity (Wildman–Crippen MR) is 102 cm³/mol. The van der Waals surface area contributed by atoms with E-state index in [-0.39, 0.29) is 6.04 Å². The number of nitrogens with zero attached hydrogens (tertiary/aromatic N) is 4. The van der Waals surface area contributed by atoms with Gasteiger partial charge in [-0.15, -0.1) is 0 Å². The lowest BCUT2D eigenvalue weighted by Gasteiger charge is -2.26. The van der Waals surface area contributed by atoms with Gasteiger partial charge in [0.2, 0.25) is 0 Å². The normalized spacial score (nSPS) is 19.2. The molecule has 2 N–H and O–H groups in total. The third kappa shape index (κ3) is 3.30. The molecule has 0 radical (unpaired) electrons. The molecule has 0 spiro atoms. The van der Waals surface area contributed by atoms with Crippen LogP contribution < -0.4 is 10.2 Å². The summed E-state index contributed by atoms with van der Waals surface area (Å²) in [6.45, 7) is 0.727. The Labute approximate surface area is 161 Å². The first-order valence-electron chi connectivity index (χ1n) is 9.53. The van der Waals surface area contributed by atoms with Gasteiger partial charge in [-0.2, -0.15) is 5.10 Å². The number of H-pyrrole nitrogens is 1. The van der Waals surface area contributed by atoms with Gasteiger partial charge in [-0.3, -0.25) is 5.10 Å². The number of hydrogen-bond acceptors (Lipinski definition) is 5. The van der Waals surface area contributed by atoms with E-state index in [0.29, 0.717) is 28.9 Å². The van der Waals surface area contributed by atoms with Crippen molar-refractivity contribution >= 4 is 17.5 Å². The minimum Gasteiger partial charge on any atom is -0.349 e. The zero-order chi connectivity index (χ0) is 19.1. The van der Waals surface area contributed by atoms with Crippen LogP contribution in [0.5, 0.6) is 0 Å². The molecule has 1 saturated carbocycles. The first-order valence-corrected chi connectivity index (χ1v) is 9.53. The molecule has 0 bridgehead atoms. The number of hydrogen-bond donors (Lipinski definition) is 2. The fraction of sp³-hybridized carbons (Fsp3) is 0.350. The van der Waals surface area contributed by atoms with Crippen LogP contribution in [0.2, 0.25) is 0 Å². The van der Waals surface area contributed by atoms with Gasteiger partial charge in [0.25, 0.3) is 0 Å². The summed E-state index contributed by atoms with van der Waals surface area (Å²) in [6.07, 6.45) is 5.51. The lowest BCUT2D eigenvalue weighted by molar-refractivity contribution is 0.560. The van der Waals surface area contributed by atoms with E-state index in [9.17, 15) is 8.78 Å². The Morgan fingerprint density at radius 3 is 2.79 bits per heavy atom. The van der Waals surface area contributed by atoms with Crippen LogP contribution in [0, 0.1) is 11.6 Å². The highest BCUT2D eigenvalue weighted by atomic mass is 19.1. The van der Waals surface area contributed by atoms with Crippen molar-refractivity contribution in [2.24, 2.45) is 0 Å². The minimum absolute atomic E-state index is 0.245. The van der Waals surface area contributed by atoms with Crippen LogP contribution in [0.1, 0.15) is 48.9 Å². The van der Waals surface area contributed by atoms with Crippen molar-refractivity contribution in [1.29, 1.82) is 0 Å². The maximum Gasteiger partial charge on any atom is 0.153 e. The summed E-state index contributed by atoms with van der Waals surface area (Å²) in [5.74, 6) is 1.77. The molecular weight excluding hydrogens is 362 g/mol. The lowest BCUT2D eigenvalue weighted by Crippen LogP contribution is -2.24. The molecule has 1 aliphatic heterocycles. The molecule has 1 unspecified atom stereocenters. The lowest BCUT2D eigenvalue weighted by atomic mass is 10.0. The molecule has 3 heterocycles. The third-order valence-electron chi connectivity index (χ3n) is 5.39. The fourth-order valence-corrected chi connectivity index (χ4v) is 3.84. The molecule has 144 valence electrons. The molecule has 2 aromatic heterocycles. The Hall–Kier alpha value is -3.03. The number of aromatic amines is 1. The molecule has 8 heteroatoms. The first kappa shape index (κ1) is 17.1. The molecule has 1 aromatic carbocycles. The Bertz CT molecular complexity index is 1000. The van der Waals surface area contributed by atoms with Crippen LogP contribution in [-0.4, -0.2) is 26.7 Å². The van der Waals surface area contributed by atoms with Gasteiger partial charge in [0, 0.05) is 35.9 Å². The molecular formula is C20H20F2N6. The van der Waals surface area contributed by atoms with Crippen LogP contribution >= 0.6 is 0 Å². The zero-order valence-electron chi connectivity index (χ0n) is 15.2. The highest BCUT2D eigenvalue weighted by Crippen LogP contribution is 2.40. The van der Waals surface area contributed by atoms with Crippen molar-refractivity contribution in [2.45, 2.75) is 37.6 Å². The number of benzene rings is 1. The smallest absolute Gasteiger partial charge is 0.153 e. The van der Waals surface area contributed by atoms with Crippen molar-refractivity contribution in [2.75, 3.05) is 16.8 Å². The minimum atomic E-state index is -0.432. The summed E-state index contributed by atoms with van der Waals surface area (Å²) < 4.78 is 28.0. The second-order valence-electron chi connectivity index (χ2n) is 7.39. The topological polar surface area (TPSA) is 69.7 Å². The monoisotopic (exact) mass is 382 g/mol. The summed E-state index contributed by atoms with van der Waals surface area (Å²) in [7, 11) is 0. The molecule has 2 aliphatic rings. The Morgan fingerprint density at radius 2 is 1.93 bits per heavy atom. The zero-order valence-corrected chi connectivity index (χ0v) is 15.2. The van der Waals surface area contributed by atoms with E-state index in [4.69, 9.17) is 0 Å². The van der Waals surface area contributed by atoms with Crippen molar-refractivity contribution in [3.63, 3.8) is 0 Å². The molecule has 3 aromatic rings. The quantitative estimate of drug-likeness (QED) is 0.683. The average molecular weight is 382 g/mol. The van der Waals surface area contributed by atoms with Gasteiger partial charge in [0.15, 0.2) is 5.82 Å². The van der Waals surface area contributed by atoms with E-state index in [1.165, 1.54) is 31.3 Å². The third-order valence-corrected chi connectivity index (χ3v) is 5.39. The van der Waals surface area contributed by atoms with E-state index in [1.807, 2.05) is 17.0 Å². The van der Waals surface area contributed by atoms with Gasteiger partial charge in [-0.05, 0) is 43.9 Å². The summed E-state index contributed by atoms with van der Waals surface area (Å²) in [5, 5.41) is 10.5. The average Bonchev–Trinajstić information content (AvgIpc) is 3.24. The Kier molecular flexibility index (Phi) is 4.18. The van der Waals surface area contributed by atoms with Crippen LogP contribution in [0.4, 0.5) is 26.2 Å². The molecule has 6 nitrogen and oxygen atoms in total. The Balaban J connectivity index is 1.39. The number of nitrogens with one attached hydrogen (secondary N) is 2. The van der Waals surface area contributed by atoms with Gasteiger partial charge in [-0.25, -0.2) is 18.7 Å². The molecule has 2 fully saturated rings. The number of anilines is 3. The van der Waals surface area contributed by atoms with Crippen molar-refractivity contribution < 1.29 is 8.78 Å².